The lowest BCUT2D eigenvalue weighted by molar-refractivity contribution is -0.124. The molecule has 0 radical (unpaired) electrons. The number of hydrogen-bond donors (Lipinski definition) is 3. The number of aliphatic hydroxyl groups is 2. The quantitative estimate of drug-likeness (QED) is 0.486. The topological polar surface area (TPSA) is 99.1 Å². The van der Waals surface area contributed by atoms with Crippen molar-refractivity contribution in [2.75, 3.05) is 13.2 Å². The number of fused-ring (bicyclic) bond motifs is 1. The van der Waals surface area contributed by atoms with Gasteiger partial charge < -0.3 is 20.3 Å². The maximum absolute atomic E-state index is 11.3. The average Bonchev–Trinajstić information content (AvgIpc) is 2.56. The van der Waals surface area contributed by atoms with E-state index in [1.165, 1.54) is 11.8 Å². The summed E-state index contributed by atoms with van der Waals surface area (Å²) in [7, 11) is 0. The highest BCUT2D eigenvalue weighted by molar-refractivity contribution is 5.74. The second kappa shape index (κ2) is 3.91. The van der Waals surface area contributed by atoms with Gasteiger partial charge in [0.15, 0.2) is 0 Å². The summed E-state index contributed by atoms with van der Waals surface area (Å²) in [6, 6.07) is -1.18. The van der Waals surface area contributed by atoms with Crippen LogP contribution in [0.15, 0.2) is 0 Å². The molecule has 0 aromatic rings. The molecule has 2 aliphatic rings. The Morgan fingerprint density at radius 3 is 2.81 bits per heavy atom. The monoisotopic (exact) mass is 230 g/mol. The molecule has 90 valence electrons. The predicted molar refractivity (Wildman–Crippen MR) is 51.5 cm³/mol. The molecule has 0 spiro atoms. The molecule has 7 heteroatoms. The van der Waals surface area contributed by atoms with Crippen LogP contribution in [0.1, 0.15) is 6.92 Å². The number of amides is 2. The molecule has 2 heterocycles. The van der Waals surface area contributed by atoms with Gasteiger partial charge in [0.1, 0.15) is 18.8 Å². The molecular weight excluding hydrogens is 216 g/mol. The summed E-state index contributed by atoms with van der Waals surface area (Å²) in [5.74, 6) is -0.317. The Bertz CT molecular complexity index is 321. The van der Waals surface area contributed by atoms with Crippen LogP contribution in [-0.2, 0) is 9.53 Å². The van der Waals surface area contributed by atoms with Crippen molar-refractivity contribution in [1.82, 2.24) is 10.2 Å². The van der Waals surface area contributed by atoms with Crippen molar-refractivity contribution < 1.29 is 24.5 Å². The van der Waals surface area contributed by atoms with Crippen molar-refractivity contribution in [3.63, 3.8) is 0 Å². The SMILES string of the molecule is CC(=O)N[C@H]1CN2C(=O)OC[C@@H]2[C@@H](O)[C@H]1O. The van der Waals surface area contributed by atoms with Crippen molar-refractivity contribution in [2.45, 2.75) is 31.2 Å². The molecule has 3 N–H and O–H groups in total. The van der Waals surface area contributed by atoms with Crippen LogP contribution in [0, 0.1) is 0 Å². The van der Waals surface area contributed by atoms with Crippen LogP contribution in [0.25, 0.3) is 0 Å². The molecule has 2 saturated heterocycles. The number of hydrogen-bond acceptors (Lipinski definition) is 5. The van der Waals surface area contributed by atoms with Crippen molar-refractivity contribution >= 4 is 12.0 Å². The Labute approximate surface area is 92.0 Å². The first-order valence-electron chi connectivity index (χ1n) is 5.07. The van der Waals surface area contributed by atoms with Crippen LogP contribution < -0.4 is 5.32 Å². The van der Waals surface area contributed by atoms with Gasteiger partial charge in [-0.2, -0.15) is 0 Å². The van der Waals surface area contributed by atoms with Crippen LogP contribution in [0.2, 0.25) is 0 Å². The van der Waals surface area contributed by atoms with Gasteiger partial charge >= 0.3 is 6.09 Å². The van der Waals surface area contributed by atoms with Gasteiger partial charge in [0, 0.05) is 13.5 Å². The zero-order chi connectivity index (χ0) is 11.9. The number of piperidine rings is 1. The van der Waals surface area contributed by atoms with Crippen LogP contribution in [-0.4, -0.2) is 64.6 Å². The first-order valence-corrected chi connectivity index (χ1v) is 5.07. The highest BCUT2D eigenvalue weighted by Crippen LogP contribution is 2.24. The second-order valence-corrected chi connectivity index (χ2v) is 4.08. The summed E-state index contributed by atoms with van der Waals surface area (Å²) in [4.78, 5) is 23.5. The number of cyclic esters (lactones) is 1. The lowest BCUT2D eigenvalue weighted by Gasteiger charge is -2.40. The van der Waals surface area contributed by atoms with Crippen molar-refractivity contribution in [2.24, 2.45) is 0 Å². The molecule has 2 fully saturated rings. The molecule has 0 aliphatic carbocycles. The summed E-state index contributed by atoms with van der Waals surface area (Å²) in [6.07, 6.45) is -2.71. The molecular formula is C9H14N2O5. The molecule has 0 aromatic heterocycles. The first-order chi connectivity index (χ1) is 7.50. The number of aliphatic hydroxyl groups excluding tert-OH is 2. The zero-order valence-corrected chi connectivity index (χ0v) is 8.79. The fraction of sp³-hybridized carbons (Fsp3) is 0.778. The van der Waals surface area contributed by atoms with Gasteiger partial charge in [0.25, 0.3) is 0 Å². The van der Waals surface area contributed by atoms with E-state index in [1.54, 1.807) is 0 Å². The van der Waals surface area contributed by atoms with E-state index in [0.717, 1.165) is 0 Å². The number of carbonyl (C=O) groups is 2. The molecule has 2 rings (SSSR count). The molecule has 0 saturated carbocycles. The third kappa shape index (κ3) is 1.72. The smallest absolute Gasteiger partial charge is 0.410 e. The molecule has 2 amide bonds. The van der Waals surface area contributed by atoms with Gasteiger partial charge in [0.2, 0.25) is 5.91 Å². The molecule has 0 bridgehead atoms. The number of ether oxygens (including phenoxy) is 1. The van der Waals surface area contributed by atoms with E-state index < -0.39 is 30.4 Å². The fourth-order valence-corrected chi connectivity index (χ4v) is 2.14. The van der Waals surface area contributed by atoms with Crippen LogP contribution in [0.3, 0.4) is 0 Å². The van der Waals surface area contributed by atoms with E-state index >= 15 is 0 Å². The Morgan fingerprint density at radius 2 is 2.19 bits per heavy atom. The average molecular weight is 230 g/mol. The Hall–Kier alpha value is -1.34. The van der Waals surface area contributed by atoms with Gasteiger partial charge in [-0.3, -0.25) is 9.69 Å². The molecule has 16 heavy (non-hydrogen) atoms. The lowest BCUT2D eigenvalue weighted by atomic mass is 9.93. The Morgan fingerprint density at radius 1 is 1.50 bits per heavy atom. The van der Waals surface area contributed by atoms with Gasteiger partial charge in [-0.1, -0.05) is 0 Å². The van der Waals surface area contributed by atoms with Crippen LogP contribution >= 0.6 is 0 Å². The van der Waals surface area contributed by atoms with Crippen molar-refractivity contribution in [3.8, 4) is 0 Å². The molecule has 7 nitrogen and oxygen atoms in total. The van der Waals surface area contributed by atoms with E-state index in [4.69, 9.17) is 4.74 Å². The minimum absolute atomic E-state index is 0.0733. The van der Waals surface area contributed by atoms with Crippen molar-refractivity contribution in [1.29, 1.82) is 0 Å². The molecule has 0 aromatic carbocycles. The number of nitrogens with zero attached hydrogens (tertiary/aromatic N) is 1. The van der Waals surface area contributed by atoms with Crippen LogP contribution in [0.4, 0.5) is 4.79 Å². The maximum atomic E-state index is 11.3. The largest absolute Gasteiger partial charge is 0.447 e. The summed E-state index contributed by atoms with van der Waals surface area (Å²) in [5.41, 5.74) is 0. The van der Waals surface area contributed by atoms with E-state index in [-0.39, 0.29) is 19.1 Å². The van der Waals surface area contributed by atoms with Gasteiger partial charge in [-0.25, -0.2) is 4.79 Å². The number of carbonyl (C=O) groups excluding carboxylic acids is 2. The van der Waals surface area contributed by atoms with Crippen molar-refractivity contribution in [3.05, 3.63) is 0 Å². The van der Waals surface area contributed by atoms with Gasteiger partial charge in [-0.15, -0.1) is 0 Å². The standard InChI is InChI=1S/C9H14N2O5/c1-4(12)10-5-2-11-6(3-16-9(11)15)8(14)7(5)13/h5-8,13-14H,2-3H2,1H3,(H,10,12)/t5-,6+,7-,8+/m0/s1. The summed E-state index contributed by atoms with van der Waals surface area (Å²) < 4.78 is 4.78. The predicted octanol–water partition coefficient (Wildman–Crippen LogP) is -1.95. The second-order valence-electron chi connectivity index (χ2n) is 4.08. The summed E-state index contributed by atoms with van der Waals surface area (Å²) in [6.45, 7) is 1.54. The lowest BCUT2D eigenvalue weighted by Crippen LogP contribution is -2.64. The minimum atomic E-state index is -1.10. The zero-order valence-electron chi connectivity index (χ0n) is 8.79. The first kappa shape index (κ1) is 11.2. The van der Waals surface area contributed by atoms with Gasteiger partial charge in [0.05, 0.1) is 12.1 Å². The molecule has 4 atom stereocenters. The highest BCUT2D eigenvalue weighted by atomic mass is 16.6. The normalized spacial score (nSPS) is 37.9. The van der Waals surface area contributed by atoms with Gasteiger partial charge in [-0.05, 0) is 0 Å². The number of nitrogens with one attached hydrogen (secondary N) is 1. The molecule has 2 aliphatic heterocycles. The summed E-state index contributed by atoms with van der Waals surface area (Å²) >= 11 is 0. The Kier molecular flexibility index (Phi) is 2.73. The van der Waals surface area contributed by atoms with E-state index in [9.17, 15) is 19.8 Å². The third-order valence-electron chi connectivity index (χ3n) is 2.95. The minimum Gasteiger partial charge on any atom is -0.447 e. The maximum Gasteiger partial charge on any atom is 0.410 e. The van der Waals surface area contributed by atoms with E-state index in [0.29, 0.717) is 0 Å². The van der Waals surface area contributed by atoms with E-state index in [1.807, 2.05) is 0 Å². The summed E-state index contributed by atoms with van der Waals surface area (Å²) in [5, 5.41) is 22.0. The highest BCUT2D eigenvalue weighted by Gasteiger charge is 2.48. The number of rotatable bonds is 1. The Balaban J connectivity index is 2.13. The molecule has 0 unspecified atom stereocenters. The van der Waals surface area contributed by atoms with Crippen LogP contribution in [0.5, 0.6) is 0 Å². The third-order valence-corrected chi connectivity index (χ3v) is 2.95. The van der Waals surface area contributed by atoms with E-state index in [2.05, 4.69) is 5.32 Å². The fourth-order valence-electron chi connectivity index (χ4n) is 2.14.